The third kappa shape index (κ3) is 3.89. The molecule has 184 valence electrons. The first-order valence-electron chi connectivity index (χ1n) is 11.9. The Morgan fingerprint density at radius 1 is 1.00 bits per heavy atom. The van der Waals surface area contributed by atoms with Crippen molar-refractivity contribution in [3.63, 3.8) is 0 Å². The summed E-state index contributed by atoms with van der Waals surface area (Å²) in [5.74, 6) is 2.97. The summed E-state index contributed by atoms with van der Waals surface area (Å²) in [5.41, 5.74) is 2.09. The lowest BCUT2D eigenvalue weighted by Gasteiger charge is -2.35. The van der Waals surface area contributed by atoms with Crippen LogP contribution < -0.4 is 14.4 Å². The SMILES string of the molecule is CC(C)c1nc(N2CCN(C(=O)c3ccc4c(c3)OCO4)CC2)c2cnn(-c3ccccc3Cl)c2n1. The van der Waals surface area contributed by atoms with Crippen molar-refractivity contribution >= 4 is 34.4 Å². The van der Waals surface area contributed by atoms with Crippen molar-refractivity contribution in [1.29, 1.82) is 0 Å². The highest BCUT2D eigenvalue weighted by Gasteiger charge is 2.27. The van der Waals surface area contributed by atoms with Crippen molar-refractivity contribution in [3.8, 4) is 17.2 Å². The number of rotatable bonds is 4. The molecule has 0 N–H and O–H groups in total. The Labute approximate surface area is 213 Å². The molecule has 2 aliphatic rings. The number of nitrogens with zero attached hydrogens (tertiary/aromatic N) is 6. The van der Waals surface area contributed by atoms with Gasteiger partial charge in [0.15, 0.2) is 17.1 Å². The Kier molecular flexibility index (Phi) is 5.64. The Morgan fingerprint density at radius 3 is 2.56 bits per heavy atom. The van der Waals surface area contributed by atoms with Crippen molar-refractivity contribution in [1.82, 2.24) is 24.6 Å². The molecule has 2 aliphatic heterocycles. The normalized spacial score (nSPS) is 15.2. The second kappa shape index (κ2) is 8.98. The number of carbonyl (C=O) groups is 1. The lowest BCUT2D eigenvalue weighted by atomic mass is 10.1. The van der Waals surface area contributed by atoms with E-state index in [1.165, 1.54) is 0 Å². The molecule has 4 heterocycles. The van der Waals surface area contributed by atoms with Crippen LogP contribution in [0.1, 0.15) is 35.9 Å². The van der Waals surface area contributed by atoms with E-state index in [1.807, 2.05) is 29.2 Å². The lowest BCUT2D eigenvalue weighted by molar-refractivity contribution is 0.0746. The predicted molar refractivity (Wildman–Crippen MR) is 136 cm³/mol. The van der Waals surface area contributed by atoms with E-state index in [0.29, 0.717) is 48.3 Å². The topological polar surface area (TPSA) is 85.6 Å². The van der Waals surface area contributed by atoms with Gasteiger partial charge in [0, 0.05) is 37.7 Å². The number of halogens is 1. The minimum atomic E-state index is -0.0183. The van der Waals surface area contributed by atoms with E-state index in [9.17, 15) is 4.79 Å². The van der Waals surface area contributed by atoms with Crippen molar-refractivity contribution in [2.75, 3.05) is 37.9 Å². The number of anilines is 1. The van der Waals surface area contributed by atoms with E-state index < -0.39 is 0 Å². The molecular weight excluding hydrogens is 480 g/mol. The van der Waals surface area contributed by atoms with Crippen LogP contribution in [0.15, 0.2) is 48.7 Å². The molecule has 0 radical (unpaired) electrons. The average Bonchev–Trinajstić information content (AvgIpc) is 3.55. The first-order chi connectivity index (χ1) is 17.5. The van der Waals surface area contributed by atoms with Crippen molar-refractivity contribution < 1.29 is 14.3 Å². The van der Waals surface area contributed by atoms with Crippen LogP contribution in [-0.4, -0.2) is 63.5 Å². The number of hydrogen-bond donors (Lipinski definition) is 0. The van der Waals surface area contributed by atoms with Gasteiger partial charge in [-0.05, 0) is 30.3 Å². The maximum absolute atomic E-state index is 13.2. The van der Waals surface area contributed by atoms with Crippen LogP contribution in [0.5, 0.6) is 11.5 Å². The summed E-state index contributed by atoms with van der Waals surface area (Å²) in [7, 11) is 0. The van der Waals surface area contributed by atoms with Gasteiger partial charge in [-0.1, -0.05) is 37.6 Å². The number of fused-ring (bicyclic) bond motifs is 2. The number of benzene rings is 2. The van der Waals surface area contributed by atoms with Crippen LogP contribution in [0.4, 0.5) is 5.82 Å². The van der Waals surface area contributed by atoms with Crippen LogP contribution in [0.3, 0.4) is 0 Å². The van der Waals surface area contributed by atoms with Gasteiger partial charge in [0.05, 0.1) is 22.3 Å². The molecule has 1 amide bonds. The largest absolute Gasteiger partial charge is 0.454 e. The highest BCUT2D eigenvalue weighted by Crippen LogP contribution is 2.33. The monoisotopic (exact) mass is 504 g/mol. The zero-order valence-corrected chi connectivity index (χ0v) is 20.8. The van der Waals surface area contributed by atoms with Gasteiger partial charge in [0.2, 0.25) is 6.79 Å². The summed E-state index contributed by atoms with van der Waals surface area (Å²) < 4.78 is 12.6. The number of ether oxygens (including phenoxy) is 2. The summed E-state index contributed by atoms with van der Waals surface area (Å²) in [5, 5.41) is 6.07. The Balaban J connectivity index is 1.28. The molecule has 2 aromatic carbocycles. The summed E-state index contributed by atoms with van der Waals surface area (Å²) in [6, 6.07) is 12.9. The van der Waals surface area contributed by atoms with Crippen LogP contribution >= 0.6 is 11.6 Å². The summed E-state index contributed by atoms with van der Waals surface area (Å²) in [4.78, 5) is 27.0. The molecule has 1 saturated heterocycles. The zero-order chi connectivity index (χ0) is 24.8. The number of para-hydroxylation sites is 1. The smallest absolute Gasteiger partial charge is 0.254 e. The second-order valence-corrected chi connectivity index (χ2v) is 9.56. The minimum Gasteiger partial charge on any atom is -0.454 e. The Hall–Kier alpha value is -3.85. The predicted octanol–water partition coefficient (Wildman–Crippen LogP) is 4.28. The van der Waals surface area contributed by atoms with E-state index in [1.54, 1.807) is 29.1 Å². The molecule has 0 bridgehead atoms. The van der Waals surface area contributed by atoms with E-state index >= 15 is 0 Å². The quantitative estimate of drug-likeness (QED) is 0.410. The molecule has 9 nitrogen and oxygen atoms in total. The molecule has 0 aliphatic carbocycles. The van der Waals surface area contributed by atoms with E-state index in [-0.39, 0.29) is 18.6 Å². The number of carbonyl (C=O) groups excluding carboxylic acids is 1. The van der Waals surface area contributed by atoms with Gasteiger partial charge in [0.25, 0.3) is 5.91 Å². The van der Waals surface area contributed by atoms with Crippen molar-refractivity contribution in [3.05, 3.63) is 65.1 Å². The molecular formula is C26H25ClN6O3. The van der Waals surface area contributed by atoms with Crippen LogP contribution in [0, 0.1) is 0 Å². The molecule has 36 heavy (non-hydrogen) atoms. The number of piperazine rings is 1. The Bertz CT molecular complexity index is 1460. The summed E-state index contributed by atoms with van der Waals surface area (Å²) in [6.45, 7) is 6.79. The molecule has 4 aromatic rings. The second-order valence-electron chi connectivity index (χ2n) is 9.15. The maximum atomic E-state index is 13.2. The average molecular weight is 505 g/mol. The van der Waals surface area contributed by atoms with E-state index in [0.717, 1.165) is 28.4 Å². The highest BCUT2D eigenvalue weighted by molar-refractivity contribution is 6.32. The Morgan fingerprint density at radius 2 is 1.78 bits per heavy atom. The lowest BCUT2D eigenvalue weighted by Crippen LogP contribution is -2.49. The van der Waals surface area contributed by atoms with Crippen molar-refractivity contribution in [2.24, 2.45) is 0 Å². The van der Waals surface area contributed by atoms with Crippen LogP contribution in [-0.2, 0) is 0 Å². The first kappa shape index (κ1) is 22.6. The molecule has 0 spiro atoms. The standard InChI is InChI=1S/C26H25ClN6O3/c1-16(2)23-29-24(18-14-28-33(25(18)30-23)20-6-4-3-5-19(20)27)31-9-11-32(12-10-31)26(34)17-7-8-21-22(13-17)36-15-35-21/h3-8,13-14,16H,9-12,15H2,1-2H3. The van der Waals surface area contributed by atoms with Gasteiger partial charge in [-0.2, -0.15) is 5.10 Å². The van der Waals surface area contributed by atoms with E-state index in [4.69, 9.17) is 31.0 Å². The molecule has 6 rings (SSSR count). The molecule has 0 saturated carbocycles. The molecule has 0 unspecified atom stereocenters. The van der Waals surface area contributed by atoms with Gasteiger partial charge in [-0.15, -0.1) is 0 Å². The zero-order valence-electron chi connectivity index (χ0n) is 20.0. The third-order valence-electron chi connectivity index (χ3n) is 6.51. The summed E-state index contributed by atoms with van der Waals surface area (Å²) in [6.07, 6.45) is 1.79. The van der Waals surface area contributed by atoms with Gasteiger partial charge < -0.3 is 19.3 Å². The molecule has 1 fully saturated rings. The minimum absolute atomic E-state index is 0.0183. The van der Waals surface area contributed by atoms with Crippen LogP contribution in [0.2, 0.25) is 5.02 Å². The number of hydrogen-bond acceptors (Lipinski definition) is 7. The number of aromatic nitrogens is 4. The fraction of sp³-hybridized carbons (Fsp3) is 0.308. The fourth-order valence-electron chi connectivity index (χ4n) is 4.54. The third-order valence-corrected chi connectivity index (χ3v) is 6.83. The highest BCUT2D eigenvalue weighted by atomic mass is 35.5. The van der Waals surface area contributed by atoms with Gasteiger partial charge in [0.1, 0.15) is 11.6 Å². The summed E-state index contributed by atoms with van der Waals surface area (Å²) >= 11 is 6.47. The molecule has 10 heteroatoms. The first-order valence-corrected chi connectivity index (χ1v) is 12.3. The van der Waals surface area contributed by atoms with Gasteiger partial charge >= 0.3 is 0 Å². The van der Waals surface area contributed by atoms with E-state index in [2.05, 4.69) is 23.8 Å². The van der Waals surface area contributed by atoms with Gasteiger partial charge in [-0.3, -0.25) is 4.79 Å². The fourth-order valence-corrected chi connectivity index (χ4v) is 4.76. The van der Waals surface area contributed by atoms with Crippen molar-refractivity contribution in [2.45, 2.75) is 19.8 Å². The van der Waals surface area contributed by atoms with Gasteiger partial charge in [-0.25, -0.2) is 14.6 Å². The molecule has 0 atom stereocenters. The molecule has 2 aromatic heterocycles. The van der Waals surface area contributed by atoms with Crippen LogP contribution in [0.25, 0.3) is 16.7 Å². The maximum Gasteiger partial charge on any atom is 0.254 e. The number of amides is 1.